The van der Waals surface area contributed by atoms with Crippen LogP contribution in [0.15, 0.2) is 24.3 Å². The van der Waals surface area contributed by atoms with Crippen LogP contribution in [-0.4, -0.2) is 76.3 Å². The maximum atomic E-state index is 13.0. The average Bonchev–Trinajstić information content (AvgIpc) is 3.52. The Kier molecular flexibility index (Phi) is 8.06. The summed E-state index contributed by atoms with van der Waals surface area (Å²) in [5, 5.41) is 13.8. The van der Waals surface area contributed by atoms with Gasteiger partial charge in [0.1, 0.15) is 0 Å². The maximum Gasteiger partial charge on any atom is 0.286 e. The van der Waals surface area contributed by atoms with Crippen molar-refractivity contribution in [2.75, 3.05) is 38.0 Å². The zero-order valence-electron chi connectivity index (χ0n) is 19.8. The molecule has 4 rings (SSSR count). The fraction of sp³-hybridized carbons (Fsp3) is 0.500. The molecule has 0 aliphatic carbocycles. The van der Waals surface area contributed by atoms with E-state index in [2.05, 4.69) is 20.8 Å². The number of nitrogens with zero attached hydrogens (tertiary/aromatic N) is 4. The van der Waals surface area contributed by atoms with Gasteiger partial charge in [-0.2, -0.15) is 0 Å². The number of carbonyl (C=O) groups is 4. The fourth-order valence-corrected chi connectivity index (χ4v) is 5.01. The lowest BCUT2D eigenvalue weighted by molar-refractivity contribution is -0.127. The molecule has 1 atom stereocenters. The molecular formula is C24H30N6O4S. The molecule has 2 N–H and O–H groups in total. The Labute approximate surface area is 208 Å². The molecule has 0 spiro atoms. The Balaban J connectivity index is 1.25. The maximum absolute atomic E-state index is 13.0. The summed E-state index contributed by atoms with van der Waals surface area (Å²) in [6.07, 6.45) is 3.66. The Morgan fingerprint density at radius 3 is 2.60 bits per heavy atom. The number of likely N-dealkylation sites (tertiary alicyclic amines) is 2. The van der Waals surface area contributed by atoms with Crippen molar-refractivity contribution in [2.45, 2.75) is 39.0 Å². The van der Waals surface area contributed by atoms with Crippen LogP contribution in [0.3, 0.4) is 0 Å². The predicted octanol–water partition coefficient (Wildman–Crippen LogP) is 2.08. The highest BCUT2D eigenvalue weighted by Gasteiger charge is 2.31. The third-order valence-corrected chi connectivity index (χ3v) is 7.18. The van der Waals surface area contributed by atoms with Crippen molar-refractivity contribution < 1.29 is 19.2 Å². The number of hydrogen-bond donors (Lipinski definition) is 2. The first-order valence-corrected chi connectivity index (χ1v) is 12.8. The van der Waals surface area contributed by atoms with Gasteiger partial charge >= 0.3 is 0 Å². The number of anilines is 1. The lowest BCUT2D eigenvalue weighted by Gasteiger charge is -2.31. The summed E-state index contributed by atoms with van der Waals surface area (Å²) in [5.41, 5.74) is 1.72. The summed E-state index contributed by atoms with van der Waals surface area (Å²) < 4.78 is 0. The fourth-order valence-electron chi connectivity index (χ4n) is 4.30. The minimum Gasteiger partial charge on any atom is -0.356 e. The van der Waals surface area contributed by atoms with E-state index >= 15 is 0 Å². The van der Waals surface area contributed by atoms with E-state index in [4.69, 9.17) is 0 Å². The number of piperidine rings is 1. The Morgan fingerprint density at radius 1 is 1.09 bits per heavy atom. The standard InChI is InChI=1S/C24H30N6O4S/c1-16-7-9-18(10-8-16)26-21(33)22-27-28-23(35-22)24(34)30-13-2-5-17(15-30)20(32)25-11-4-14-29-12-3-6-19(29)31/h7-10,17H,2-6,11-15H2,1H3,(H,25,32)(H,26,33)/t17-/m0/s1. The van der Waals surface area contributed by atoms with Crippen LogP contribution in [0, 0.1) is 12.8 Å². The average molecular weight is 499 g/mol. The Hall–Kier alpha value is -3.34. The molecular weight excluding hydrogens is 468 g/mol. The third-order valence-electron chi connectivity index (χ3n) is 6.27. The van der Waals surface area contributed by atoms with Gasteiger partial charge < -0.3 is 20.4 Å². The molecule has 2 aromatic rings. The van der Waals surface area contributed by atoms with Gasteiger partial charge in [0.2, 0.25) is 21.8 Å². The first kappa shape index (κ1) is 24.8. The molecule has 11 heteroatoms. The topological polar surface area (TPSA) is 125 Å². The minimum absolute atomic E-state index is 0.0781. The van der Waals surface area contributed by atoms with E-state index in [0.29, 0.717) is 57.5 Å². The van der Waals surface area contributed by atoms with Gasteiger partial charge in [-0.25, -0.2) is 0 Å². The first-order chi connectivity index (χ1) is 16.9. The van der Waals surface area contributed by atoms with Gasteiger partial charge in [0, 0.05) is 44.8 Å². The number of rotatable bonds is 8. The molecule has 3 heterocycles. The molecule has 0 radical (unpaired) electrons. The van der Waals surface area contributed by atoms with Crippen molar-refractivity contribution in [3.63, 3.8) is 0 Å². The van der Waals surface area contributed by atoms with Crippen LogP contribution >= 0.6 is 11.3 Å². The number of carbonyl (C=O) groups excluding carboxylic acids is 4. The van der Waals surface area contributed by atoms with Crippen molar-refractivity contribution in [2.24, 2.45) is 5.92 Å². The smallest absolute Gasteiger partial charge is 0.286 e. The lowest BCUT2D eigenvalue weighted by Crippen LogP contribution is -2.45. The summed E-state index contributed by atoms with van der Waals surface area (Å²) >= 11 is 0.946. The Bertz CT molecular complexity index is 1090. The number of aryl methyl sites for hydroxylation is 1. The van der Waals surface area contributed by atoms with Crippen LogP contribution in [0.4, 0.5) is 5.69 Å². The second-order valence-corrected chi connectivity index (χ2v) is 9.93. The van der Waals surface area contributed by atoms with E-state index in [0.717, 1.165) is 29.9 Å². The largest absolute Gasteiger partial charge is 0.356 e. The van der Waals surface area contributed by atoms with Crippen molar-refractivity contribution in [1.29, 1.82) is 0 Å². The molecule has 186 valence electrons. The first-order valence-electron chi connectivity index (χ1n) is 12.0. The molecule has 0 bridgehead atoms. The molecule has 0 unspecified atom stereocenters. The van der Waals surface area contributed by atoms with Crippen LogP contribution in [0.25, 0.3) is 0 Å². The molecule has 1 aromatic heterocycles. The molecule has 2 fully saturated rings. The van der Waals surface area contributed by atoms with Crippen LogP contribution < -0.4 is 10.6 Å². The van der Waals surface area contributed by atoms with E-state index < -0.39 is 5.91 Å². The summed E-state index contributed by atoms with van der Waals surface area (Å²) in [4.78, 5) is 53.2. The molecule has 2 saturated heterocycles. The Morgan fingerprint density at radius 2 is 1.86 bits per heavy atom. The zero-order chi connectivity index (χ0) is 24.8. The van der Waals surface area contributed by atoms with Crippen LogP contribution in [0.5, 0.6) is 0 Å². The lowest BCUT2D eigenvalue weighted by atomic mass is 9.97. The summed E-state index contributed by atoms with van der Waals surface area (Å²) in [6, 6.07) is 7.38. The van der Waals surface area contributed by atoms with Crippen molar-refractivity contribution >= 4 is 40.7 Å². The van der Waals surface area contributed by atoms with Gasteiger partial charge in [-0.3, -0.25) is 19.2 Å². The van der Waals surface area contributed by atoms with E-state index in [1.54, 1.807) is 17.0 Å². The monoisotopic (exact) mass is 498 g/mol. The number of aromatic nitrogens is 2. The van der Waals surface area contributed by atoms with E-state index in [1.165, 1.54) is 0 Å². The summed E-state index contributed by atoms with van der Waals surface area (Å²) in [7, 11) is 0. The summed E-state index contributed by atoms with van der Waals surface area (Å²) in [5.74, 6) is -0.923. The number of nitrogens with one attached hydrogen (secondary N) is 2. The molecule has 10 nitrogen and oxygen atoms in total. The number of benzene rings is 1. The molecule has 0 saturated carbocycles. The van der Waals surface area contributed by atoms with Gasteiger partial charge in [-0.15, -0.1) is 10.2 Å². The summed E-state index contributed by atoms with van der Waals surface area (Å²) in [6.45, 7) is 4.76. The van der Waals surface area contributed by atoms with Crippen LogP contribution in [0.2, 0.25) is 0 Å². The normalized spacial score (nSPS) is 18.0. The highest BCUT2D eigenvalue weighted by molar-refractivity contribution is 7.15. The van der Waals surface area contributed by atoms with E-state index in [1.807, 2.05) is 24.0 Å². The SMILES string of the molecule is Cc1ccc(NC(=O)c2nnc(C(=O)N3CCC[C@H](C(=O)NCCCN4CCCC4=O)C3)s2)cc1. The van der Waals surface area contributed by atoms with Crippen molar-refractivity contribution in [1.82, 2.24) is 25.3 Å². The van der Waals surface area contributed by atoms with Gasteiger partial charge in [-0.1, -0.05) is 29.0 Å². The number of amides is 4. The highest BCUT2D eigenvalue weighted by atomic mass is 32.1. The van der Waals surface area contributed by atoms with Gasteiger partial charge in [-0.05, 0) is 44.7 Å². The zero-order valence-corrected chi connectivity index (χ0v) is 20.6. The predicted molar refractivity (Wildman–Crippen MR) is 131 cm³/mol. The second kappa shape index (κ2) is 11.4. The second-order valence-electron chi connectivity index (χ2n) is 8.95. The molecule has 1 aromatic carbocycles. The van der Waals surface area contributed by atoms with E-state index in [9.17, 15) is 19.2 Å². The number of hydrogen-bond acceptors (Lipinski definition) is 7. The minimum atomic E-state index is -0.420. The van der Waals surface area contributed by atoms with Crippen LogP contribution in [-0.2, 0) is 9.59 Å². The third kappa shape index (κ3) is 6.41. The molecule has 4 amide bonds. The van der Waals surface area contributed by atoms with Gasteiger partial charge in [0.15, 0.2) is 0 Å². The van der Waals surface area contributed by atoms with Gasteiger partial charge in [0.05, 0.1) is 5.92 Å². The van der Waals surface area contributed by atoms with Crippen LogP contribution in [0.1, 0.15) is 57.3 Å². The molecule has 2 aliphatic rings. The molecule has 35 heavy (non-hydrogen) atoms. The quantitative estimate of drug-likeness (QED) is 0.537. The van der Waals surface area contributed by atoms with Crippen molar-refractivity contribution in [3.8, 4) is 0 Å². The van der Waals surface area contributed by atoms with Gasteiger partial charge in [0.25, 0.3) is 11.8 Å². The highest BCUT2D eigenvalue weighted by Crippen LogP contribution is 2.21. The van der Waals surface area contributed by atoms with Crippen molar-refractivity contribution in [3.05, 3.63) is 39.8 Å². The van der Waals surface area contributed by atoms with E-state index in [-0.39, 0.29) is 33.7 Å². The molecule has 2 aliphatic heterocycles.